The summed E-state index contributed by atoms with van der Waals surface area (Å²) < 4.78 is 5.51. The lowest BCUT2D eigenvalue weighted by Crippen LogP contribution is -2.36. The Labute approximate surface area is 75.5 Å². The summed E-state index contributed by atoms with van der Waals surface area (Å²) in [6.45, 7) is 7.25. The van der Waals surface area contributed by atoms with Gasteiger partial charge in [-0.05, 0) is 36.0 Å². The van der Waals surface area contributed by atoms with Crippen molar-refractivity contribution in [3.05, 3.63) is 0 Å². The summed E-state index contributed by atoms with van der Waals surface area (Å²) >= 11 is 0. The second-order valence-corrected chi connectivity index (χ2v) is 5.22. The molecule has 0 heterocycles. The summed E-state index contributed by atoms with van der Waals surface area (Å²) in [5, 5.41) is 0. The molecule has 0 N–H and O–H groups in total. The van der Waals surface area contributed by atoms with Crippen LogP contribution in [-0.4, -0.2) is 13.2 Å². The summed E-state index contributed by atoms with van der Waals surface area (Å²) in [5.74, 6) is 2.61. The first kappa shape index (κ1) is 8.55. The molecule has 2 aliphatic rings. The maximum Gasteiger partial charge on any atom is 0.0605 e. The van der Waals surface area contributed by atoms with E-state index in [0.29, 0.717) is 11.5 Å². The van der Waals surface area contributed by atoms with Crippen molar-refractivity contribution < 1.29 is 4.74 Å². The fourth-order valence-corrected chi connectivity index (χ4v) is 3.36. The van der Waals surface area contributed by atoms with Gasteiger partial charge in [-0.2, -0.15) is 0 Å². The van der Waals surface area contributed by atoms with E-state index in [0.717, 1.165) is 17.8 Å². The lowest BCUT2D eigenvalue weighted by Gasteiger charge is -2.39. The molecule has 2 saturated carbocycles. The Bertz CT molecular complexity index is 179. The van der Waals surface area contributed by atoms with E-state index >= 15 is 0 Å². The highest BCUT2D eigenvalue weighted by Crippen LogP contribution is 2.59. The molecule has 12 heavy (non-hydrogen) atoms. The van der Waals surface area contributed by atoms with Gasteiger partial charge in [0.15, 0.2) is 0 Å². The van der Waals surface area contributed by atoms with Crippen molar-refractivity contribution in [3.8, 4) is 0 Å². The molecule has 0 amide bonds. The molecule has 0 aromatic heterocycles. The van der Waals surface area contributed by atoms with E-state index < -0.39 is 0 Å². The average Bonchev–Trinajstić information content (AvgIpc) is 2.52. The highest BCUT2D eigenvalue weighted by molar-refractivity contribution is 5.04. The van der Waals surface area contributed by atoms with Crippen molar-refractivity contribution in [2.75, 3.05) is 7.11 Å². The normalized spacial score (nSPS) is 50.0. The van der Waals surface area contributed by atoms with E-state index in [-0.39, 0.29) is 0 Å². The fraction of sp³-hybridized carbons (Fsp3) is 1.00. The molecular formula is C11H20O. The van der Waals surface area contributed by atoms with E-state index in [1.54, 1.807) is 0 Å². The highest BCUT2D eigenvalue weighted by atomic mass is 16.5. The van der Waals surface area contributed by atoms with Crippen LogP contribution in [0.15, 0.2) is 0 Å². The first-order valence-electron chi connectivity index (χ1n) is 5.10. The predicted octanol–water partition coefficient (Wildman–Crippen LogP) is 2.70. The zero-order valence-corrected chi connectivity index (χ0v) is 8.63. The third-order valence-corrected chi connectivity index (χ3v) is 4.72. The minimum atomic E-state index is 0.568. The largest absolute Gasteiger partial charge is 0.381 e. The van der Waals surface area contributed by atoms with Crippen LogP contribution in [0, 0.1) is 23.2 Å². The third-order valence-electron chi connectivity index (χ3n) is 4.72. The number of fused-ring (bicyclic) bond motifs is 2. The Balaban J connectivity index is 2.18. The SMILES string of the molecule is CO[C@H]1C[C@H]2C[C@@H]1[C@H](C)C2(C)C. The summed E-state index contributed by atoms with van der Waals surface area (Å²) in [5.41, 5.74) is 0.569. The van der Waals surface area contributed by atoms with Gasteiger partial charge in [0.25, 0.3) is 0 Å². The number of hydrogen-bond acceptors (Lipinski definition) is 1. The topological polar surface area (TPSA) is 9.23 Å². The van der Waals surface area contributed by atoms with Gasteiger partial charge in [0.2, 0.25) is 0 Å². The maximum atomic E-state index is 5.51. The molecule has 1 nitrogen and oxygen atoms in total. The summed E-state index contributed by atoms with van der Waals surface area (Å²) in [6, 6.07) is 0. The summed E-state index contributed by atoms with van der Waals surface area (Å²) in [7, 11) is 1.87. The number of rotatable bonds is 1. The molecule has 0 unspecified atom stereocenters. The van der Waals surface area contributed by atoms with Gasteiger partial charge in [-0.3, -0.25) is 0 Å². The van der Waals surface area contributed by atoms with Crippen molar-refractivity contribution in [2.45, 2.75) is 39.7 Å². The molecule has 2 bridgehead atoms. The average molecular weight is 168 g/mol. The molecule has 0 saturated heterocycles. The monoisotopic (exact) mass is 168 g/mol. The lowest BCUT2D eigenvalue weighted by atomic mass is 9.69. The summed E-state index contributed by atoms with van der Waals surface area (Å²) in [6.07, 6.45) is 3.28. The molecule has 1 heteroatoms. The van der Waals surface area contributed by atoms with Crippen LogP contribution < -0.4 is 0 Å². The lowest BCUT2D eigenvalue weighted by molar-refractivity contribution is -0.00595. The predicted molar refractivity (Wildman–Crippen MR) is 50.0 cm³/mol. The van der Waals surface area contributed by atoms with Crippen molar-refractivity contribution in [3.63, 3.8) is 0 Å². The van der Waals surface area contributed by atoms with Gasteiger partial charge in [0.05, 0.1) is 6.10 Å². The Morgan fingerprint density at radius 2 is 1.92 bits per heavy atom. The Morgan fingerprint density at radius 1 is 1.25 bits per heavy atom. The van der Waals surface area contributed by atoms with Crippen molar-refractivity contribution in [2.24, 2.45) is 23.2 Å². The Hall–Kier alpha value is -0.0400. The quantitative estimate of drug-likeness (QED) is 0.585. The van der Waals surface area contributed by atoms with E-state index in [1.165, 1.54) is 12.8 Å². The van der Waals surface area contributed by atoms with Crippen molar-refractivity contribution in [1.82, 2.24) is 0 Å². The zero-order chi connectivity index (χ0) is 8.93. The van der Waals surface area contributed by atoms with Crippen LogP contribution in [0.4, 0.5) is 0 Å². The molecule has 4 atom stereocenters. The standard InChI is InChI=1S/C11H20O/c1-7-9-5-8(11(7,2)3)6-10(9)12-4/h7-10H,5-6H2,1-4H3/t7-,8+,9+,10-/m0/s1. The fourth-order valence-electron chi connectivity index (χ4n) is 3.36. The van der Waals surface area contributed by atoms with Gasteiger partial charge < -0.3 is 4.74 Å². The molecule has 0 spiro atoms. The highest BCUT2D eigenvalue weighted by Gasteiger charge is 2.55. The van der Waals surface area contributed by atoms with Crippen molar-refractivity contribution >= 4 is 0 Å². The van der Waals surface area contributed by atoms with Gasteiger partial charge in [0, 0.05) is 7.11 Å². The molecule has 0 radical (unpaired) electrons. The number of methoxy groups -OCH3 is 1. The first-order chi connectivity index (χ1) is 5.57. The molecule has 2 aliphatic carbocycles. The minimum absolute atomic E-state index is 0.568. The molecule has 0 aromatic carbocycles. The van der Waals surface area contributed by atoms with E-state index in [4.69, 9.17) is 4.74 Å². The van der Waals surface area contributed by atoms with Crippen LogP contribution in [0.3, 0.4) is 0 Å². The zero-order valence-electron chi connectivity index (χ0n) is 8.63. The van der Waals surface area contributed by atoms with Crippen molar-refractivity contribution in [1.29, 1.82) is 0 Å². The molecular weight excluding hydrogens is 148 g/mol. The summed E-state index contributed by atoms with van der Waals surface area (Å²) in [4.78, 5) is 0. The first-order valence-corrected chi connectivity index (χ1v) is 5.10. The molecule has 0 aromatic rings. The van der Waals surface area contributed by atoms with Crippen LogP contribution in [0.1, 0.15) is 33.6 Å². The van der Waals surface area contributed by atoms with Gasteiger partial charge in [-0.15, -0.1) is 0 Å². The van der Waals surface area contributed by atoms with E-state index in [9.17, 15) is 0 Å². The molecule has 2 rings (SSSR count). The molecule has 70 valence electrons. The maximum absolute atomic E-state index is 5.51. The van der Waals surface area contributed by atoms with Crippen LogP contribution in [-0.2, 0) is 4.74 Å². The van der Waals surface area contributed by atoms with Crippen LogP contribution >= 0.6 is 0 Å². The second kappa shape index (κ2) is 2.47. The van der Waals surface area contributed by atoms with E-state index in [1.807, 2.05) is 7.11 Å². The van der Waals surface area contributed by atoms with Crippen LogP contribution in [0.5, 0.6) is 0 Å². The minimum Gasteiger partial charge on any atom is -0.381 e. The molecule has 2 fully saturated rings. The Morgan fingerprint density at radius 3 is 2.33 bits per heavy atom. The second-order valence-electron chi connectivity index (χ2n) is 5.22. The van der Waals surface area contributed by atoms with Gasteiger partial charge in [-0.25, -0.2) is 0 Å². The van der Waals surface area contributed by atoms with E-state index in [2.05, 4.69) is 20.8 Å². The van der Waals surface area contributed by atoms with Crippen LogP contribution in [0.25, 0.3) is 0 Å². The van der Waals surface area contributed by atoms with Gasteiger partial charge in [-0.1, -0.05) is 20.8 Å². The molecule has 0 aliphatic heterocycles. The number of hydrogen-bond donors (Lipinski definition) is 0. The smallest absolute Gasteiger partial charge is 0.0605 e. The van der Waals surface area contributed by atoms with Crippen LogP contribution in [0.2, 0.25) is 0 Å². The Kier molecular flexibility index (Phi) is 1.76. The third kappa shape index (κ3) is 0.891. The number of ether oxygens (including phenoxy) is 1. The van der Waals surface area contributed by atoms with Gasteiger partial charge in [0.1, 0.15) is 0 Å². The van der Waals surface area contributed by atoms with Gasteiger partial charge >= 0.3 is 0 Å².